The smallest absolute Gasteiger partial charge is 0.327 e. The number of hydrogen-bond donors (Lipinski definition) is 1. The van der Waals surface area contributed by atoms with E-state index in [0.29, 0.717) is 6.54 Å². The lowest BCUT2D eigenvalue weighted by Gasteiger charge is -2.37. The highest BCUT2D eigenvalue weighted by molar-refractivity contribution is 6.50. The first-order valence-corrected chi connectivity index (χ1v) is 8.56. The summed E-state index contributed by atoms with van der Waals surface area (Å²) >= 11 is 0. The lowest BCUT2D eigenvalue weighted by Crippen LogP contribution is -2.48. The summed E-state index contributed by atoms with van der Waals surface area (Å²) in [6, 6.07) is 0. The van der Waals surface area contributed by atoms with E-state index in [9.17, 15) is 14.7 Å². The maximum Gasteiger partial charge on any atom is 0.327 e. The van der Waals surface area contributed by atoms with Crippen LogP contribution in [-0.4, -0.2) is 66.5 Å². The lowest BCUT2D eigenvalue weighted by molar-refractivity contribution is -0.141. The molecule has 0 atom stereocenters. The number of nitrogens with zero attached hydrogens (tertiary/aromatic N) is 2. The van der Waals surface area contributed by atoms with Crippen molar-refractivity contribution >= 4 is 24.9 Å². The average molecular weight is 357 g/mol. The van der Waals surface area contributed by atoms with Gasteiger partial charge in [-0.2, -0.15) is 5.10 Å². The van der Waals surface area contributed by atoms with Gasteiger partial charge in [-0.1, -0.05) is 13.8 Å². The molecule has 0 unspecified atom stereocenters. The van der Waals surface area contributed by atoms with E-state index in [2.05, 4.69) is 9.84 Å². The standard InChI is InChI=1S/C15H28BN2O5.C2H6/c1-8-18(10-13(20)22-7)17-12(11(2)19)9-16-23-15(5,6)14(3,4)21;1-2/h21H,8-10H2,1-7H3;1-2H3/b17-12+;. The van der Waals surface area contributed by atoms with Crippen molar-refractivity contribution in [1.29, 1.82) is 0 Å². The molecule has 0 aromatic rings. The zero-order valence-electron chi connectivity index (χ0n) is 17.2. The maximum absolute atomic E-state index is 11.7. The van der Waals surface area contributed by atoms with Gasteiger partial charge in [0, 0.05) is 13.5 Å². The molecule has 0 aliphatic carbocycles. The molecule has 8 heteroatoms. The van der Waals surface area contributed by atoms with Crippen LogP contribution in [0.2, 0.25) is 6.32 Å². The average Bonchev–Trinajstić information content (AvgIpc) is 2.53. The molecule has 0 aromatic heterocycles. The van der Waals surface area contributed by atoms with E-state index < -0.39 is 17.2 Å². The Morgan fingerprint density at radius 2 is 1.72 bits per heavy atom. The summed E-state index contributed by atoms with van der Waals surface area (Å²) < 4.78 is 10.2. The minimum atomic E-state index is -1.04. The molecule has 0 rings (SSSR count). The van der Waals surface area contributed by atoms with Crippen LogP contribution in [0.5, 0.6) is 0 Å². The van der Waals surface area contributed by atoms with E-state index in [1.54, 1.807) is 27.7 Å². The van der Waals surface area contributed by atoms with Gasteiger partial charge >= 0.3 is 5.97 Å². The summed E-state index contributed by atoms with van der Waals surface area (Å²) in [6.07, 6.45) is 0.173. The zero-order chi connectivity index (χ0) is 20.3. The minimum Gasteiger partial charge on any atom is -0.468 e. The molecular formula is C17H34BN2O5. The number of aliphatic hydroxyl groups is 1. The van der Waals surface area contributed by atoms with Gasteiger partial charge in [0.25, 0.3) is 7.48 Å². The first kappa shape index (κ1) is 25.8. The number of Topliss-reactive ketones (excluding diaryl/α,β-unsaturated/α-hetero) is 1. The van der Waals surface area contributed by atoms with E-state index in [-0.39, 0.29) is 24.4 Å². The summed E-state index contributed by atoms with van der Waals surface area (Å²) in [7, 11) is 2.75. The molecule has 0 bridgehead atoms. The monoisotopic (exact) mass is 357 g/mol. The van der Waals surface area contributed by atoms with E-state index in [1.165, 1.54) is 26.5 Å². The first-order chi connectivity index (χ1) is 11.4. The summed E-state index contributed by atoms with van der Waals surface area (Å²) in [4.78, 5) is 23.0. The Morgan fingerprint density at radius 1 is 1.20 bits per heavy atom. The fraction of sp³-hybridized carbons (Fsp3) is 0.824. The summed E-state index contributed by atoms with van der Waals surface area (Å²) in [6.45, 7) is 14.5. The minimum absolute atomic E-state index is 0.0280. The molecule has 0 aromatic carbocycles. The van der Waals surface area contributed by atoms with Crippen LogP contribution < -0.4 is 0 Å². The van der Waals surface area contributed by atoms with E-state index >= 15 is 0 Å². The van der Waals surface area contributed by atoms with Crippen molar-refractivity contribution < 1.29 is 24.1 Å². The fourth-order valence-electron chi connectivity index (χ4n) is 1.33. The molecule has 0 fully saturated rings. The fourth-order valence-corrected chi connectivity index (χ4v) is 1.33. The van der Waals surface area contributed by atoms with Crippen molar-refractivity contribution in [3.8, 4) is 0 Å². The second-order valence-corrected chi connectivity index (χ2v) is 6.22. The number of hydrogen-bond acceptors (Lipinski definition) is 7. The summed E-state index contributed by atoms with van der Waals surface area (Å²) in [5.74, 6) is -0.642. The van der Waals surface area contributed by atoms with Crippen LogP contribution in [0.3, 0.4) is 0 Å². The Balaban J connectivity index is 0. The molecule has 0 aliphatic rings. The van der Waals surface area contributed by atoms with Crippen LogP contribution in [-0.2, 0) is 19.0 Å². The maximum atomic E-state index is 11.7. The first-order valence-electron chi connectivity index (χ1n) is 8.56. The molecule has 145 valence electrons. The molecule has 7 nitrogen and oxygen atoms in total. The van der Waals surface area contributed by atoms with E-state index in [0.717, 1.165) is 0 Å². The van der Waals surface area contributed by atoms with Gasteiger partial charge in [0.1, 0.15) is 6.54 Å². The third kappa shape index (κ3) is 10.2. The lowest BCUT2D eigenvalue weighted by atomic mass is 9.83. The van der Waals surface area contributed by atoms with Crippen molar-refractivity contribution in [2.24, 2.45) is 5.10 Å². The summed E-state index contributed by atoms with van der Waals surface area (Å²) in [5.41, 5.74) is -1.59. The van der Waals surface area contributed by atoms with Crippen molar-refractivity contribution in [2.75, 3.05) is 20.2 Å². The van der Waals surface area contributed by atoms with Crippen LogP contribution in [0.25, 0.3) is 0 Å². The molecular weight excluding hydrogens is 323 g/mol. The Bertz CT molecular complexity index is 445. The number of hydrazone groups is 1. The molecule has 0 aliphatic heterocycles. The van der Waals surface area contributed by atoms with Gasteiger partial charge in [0.15, 0.2) is 5.78 Å². The highest BCUT2D eigenvalue weighted by Crippen LogP contribution is 2.24. The van der Waals surface area contributed by atoms with Gasteiger partial charge in [0.05, 0.1) is 24.0 Å². The third-order valence-corrected chi connectivity index (χ3v) is 3.70. The molecule has 0 saturated carbocycles. The Morgan fingerprint density at radius 3 is 2.08 bits per heavy atom. The van der Waals surface area contributed by atoms with Gasteiger partial charge in [-0.15, -0.1) is 0 Å². The number of esters is 1. The SMILES string of the molecule is CC.CCN(CC(=O)OC)/N=C(\C[B]OC(C)(C)C(C)(C)O)C(C)=O. The van der Waals surface area contributed by atoms with Crippen LogP contribution >= 0.6 is 0 Å². The molecule has 1 radical (unpaired) electrons. The van der Waals surface area contributed by atoms with Crippen molar-refractivity contribution in [1.82, 2.24) is 5.01 Å². The quantitative estimate of drug-likeness (QED) is 0.279. The number of likely N-dealkylation sites (N-methyl/N-ethyl adjacent to an activating group) is 1. The number of rotatable bonds is 10. The predicted molar refractivity (Wildman–Crippen MR) is 101 cm³/mol. The Kier molecular flexibility index (Phi) is 12.4. The topological polar surface area (TPSA) is 88.4 Å². The van der Waals surface area contributed by atoms with Crippen molar-refractivity contribution in [3.63, 3.8) is 0 Å². The normalized spacial score (nSPS) is 12.0. The van der Waals surface area contributed by atoms with Crippen LogP contribution in [0.4, 0.5) is 0 Å². The van der Waals surface area contributed by atoms with Crippen molar-refractivity contribution in [2.45, 2.75) is 72.9 Å². The van der Waals surface area contributed by atoms with Gasteiger partial charge in [-0.25, -0.2) is 0 Å². The number of carbonyl (C=O) groups is 2. The molecule has 0 amide bonds. The van der Waals surface area contributed by atoms with Crippen LogP contribution in [0.1, 0.15) is 55.4 Å². The molecule has 1 N–H and O–H groups in total. The molecule has 0 saturated heterocycles. The predicted octanol–water partition coefficient (Wildman–Crippen LogP) is 2.06. The molecule has 25 heavy (non-hydrogen) atoms. The van der Waals surface area contributed by atoms with Crippen LogP contribution in [0, 0.1) is 0 Å². The van der Waals surface area contributed by atoms with Gasteiger partial charge in [-0.05, 0) is 40.9 Å². The second kappa shape index (κ2) is 12.0. The Hall–Kier alpha value is -1.41. The van der Waals surface area contributed by atoms with Crippen molar-refractivity contribution in [3.05, 3.63) is 0 Å². The van der Waals surface area contributed by atoms with E-state index in [4.69, 9.17) is 4.65 Å². The third-order valence-electron chi connectivity index (χ3n) is 3.70. The number of methoxy groups -OCH3 is 1. The van der Waals surface area contributed by atoms with Gasteiger partial charge in [0.2, 0.25) is 0 Å². The molecule has 0 spiro atoms. The number of ether oxygens (including phenoxy) is 1. The molecule has 0 heterocycles. The highest BCUT2D eigenvalue weighted by Gasteiger charge is 2.35. The number of carbonyl (C=O) groups excluding carboxylic acids is 2. The largest absolute Gasteiger partial charge is 0.468 e. The van der Waals surface area contributed by atoms with Gasteiger partial charge < -0.3 is 14.5 Å². The highest BCUT2D eigenvalue weighted by atomic mass is 16.5. The zero-order valence-corrected chi connectivity index (χ0v) is 17.2. The summed E-state index contributed by atoms with van der Waals surface area (Å²) in [5, 5.41) is 15.7. The van der Waals surface area contributed by atoms with Gasteiger partial charge in [-0.3, -0.25) is 14.6 Å². The number of ketones is 1. The second-order valence-electron chi connectivity index (χ2n) is 6.22. The Labute approximate surface area is 153 Å². The van der Waals surface area contributed by atoms with Crippen LogP contribution in [0.15, 0.2) is 5.10 Å². The van der Waals surface area contributed by atoms with E-state index in [1.807, 2.05) is 20.8 Å².